The first-order valence-corrected chi connectivity index (χ1v) is 10.3. The molecule has 3 aromatic rings. The van der Waals surface area contributed by atoms with Crippen molar-refractivity contribution in [3.05, 3.63) is 82.1 Å². The Bertz CT molecular complexity index is 966. The minimum Gasteiger partial charge on any atom is -0.399 e. The molecule has 0 atom stereocenters. The van der Waals surface area contributed by atoms with E-state index in [2.05, 4.69) is 5.10 Å². The molecule has 4 rings (SSSR count). The van der Waals surface area contributed by atoms with E-state index >= 15 is 0 Å². The Balaban J connectivity index is 0.000000290. The first kappa shape index (κ1) is 21.1. The van der Waals surface area contributed by atoms with E-state index in [1.54, 1.807) is 16.8 Å². The van der Waals surface area contributed by atoms with E-state index in [9.17, 15) is 4.79 Å². The summed E-state index contributed by atoms with van der Waals surface area (Å²) in [5.74, 6) is 0.587. The molecule has 0 spiro atoms. The first-order chi connectivity index (χ1) is 14.1. The van der Waals surface area contributed by atoms with Gasteiger partial charge in [0.1, 0.15) is 0 Å². The van der Waals surface area contributed by atoms with Crippen LogP contribution in [0.1, 0.15) is 31.7 Å². The van der Waals surface area contributed by atoms with Crippen molar-refractivity contribution in [3.8, 4) is 11.3 Å². The summed E-state index contributed by atoms with van der Waals surface area (Å²) in [6, 6.07) is 20.6. The normalized spacial score (nSPS) is 18.6. The zero-order valence-corrected chi connectivity index (χ0v) is 17.1. The van der Waals surface area contributed by atoms with Gasteiger partial charge >= 0.3 is 0 Å². The molecule has 1 aromatic heterocycles. The molecule has 0 amide bonds. The second-order valence-corrected chi connectivity index (χ2v) is 7.77. The number of nitrogens with two attached hydrogens (primary N) is 2. The highest BCUT2D eigenvalue weighted by Gasteiger charge is 2.23. The van der Waals surface area contributed by atoms with Crippen molar-refractivity contribution in [2.75, 3.05) is 12.3 Å². The fourth-order valence-corrected chi connectivity index (χ4v) is 3.72. The molecule has 1 saturated carbocycles. The first-order valence-electron chi connectivity index (χ1n) is 9.93. The van der Waals surface area contributed by atoms with E-state index in [0.29, 0.717) is 11.6 Å². The van der Waals surface area contributed by atoms with Gasteiger partial charge in [-0.2, -0.15) is 5.10 Å². The van der Waals surface area contributed by atoms with Crippen molar-refractivity contribution in [1.29, 1.82) is 0 Å². The van der Waals surface area contributed by atoms with Crippen LogP contribution in [0.25, 0.3) is 11.3 Å². The number of hydrogen-bond acceptors (Lipinski definition) is 4. The zero-order chi connectivity index (χ0) is 20.6. The standard InChI is InChI=1S/C17H22N4O.C6H5Cl/c18-11-12-4-6-15(7-5-12)21-17(22)9-8-16(20-21)13-2-1-3-14(19)10-13;7-6-4-2-1-3-5-6/h1-3,8-10,12,15H,4-7,11,18-19H2;1-5H. The van der Waals surface area contributed by atoms with Crippen molar-refractivity contribution < 1.29 is 0 Å². The summed E-state index contributed by atoms with van der Waals surface area (Å²) >= 11 is 5.54. The van der Waals surface area contributed by atoms with Crippen molar-refractivity contribution in [1.82, 2.24) is 9.78 Å². The quantitative estimate of drug-likeness (QED) is 0.621. The monoisotopic (exact) mass is 410 g/mol. The summed E-state index contributed by atoms with van der Waals surface area (Å²) in [4.78, 5) is 12.2. The van der Waals surface area contributed by atoms with Crippen LogP contribution in [0.3, 0.4) is 0 Å². The van der Waals surface area contributed by atoms with Gasteiger partial charge < -0.3 is 11.5 Å². The van der Waals surface area contributed by atoms with Gasteiger partial charge in [0.2, 0.25) is 0 Å². The van der Waals surface area contributed by atoms with Gasteiger partial charge in [0.15, 0.2) is 0 Å². The second-order valence-electron chi connectivity index (χ2n) is 7.33. The number of benzene rings is 2. The van der Waals surface area contributed by atoms with Crippen LogP contribution < -0.4 is 17.0 Å². The minimum atomic E-state index is -0.0381. The molecule has 0 bridgehead atoms. The highest BCUT2D eigenvalue weighted by atomic mass is 35.5. The lowest BCUT2D eigenvalue weighted by atomic mass is 9.86. The van der Waals surface area contributed by atoms with Crippen LogP contribution in [0.4, 0.5) is 5.69 Å². The fourth-order valence-electron chi connectivity index (χ4n) is 3.58. The average Bonchev–Trinajstić information content (AvgIpc) is 2.75. The SMILES string of the molecule is Clc1ccccc1.NCC1CCC(n2nc(-c3cccc(N)c3)ccc2=O)CC1. The smallest absolute Gasteiger partial charge is 0.267 e. The van der Waals surface area contributed by atoms with E-state index in [-0.39, 0.29) is 11.6 Å². The van der Waals surface area contributed by atoms with E-state index in [0.717, 1.165) is 48.5 Å². The molecule has 29 heavy (non-hydrogen) atoms. The Morgan fingerprint density at radius 2 is 1.69 bits per heavy atom. The van der Waals surface area contributed by atoms with E-state index < -0.39 is 0 Å². The summed E-state index contributed by atoms with van der Waals surface area (Å²) in [5.41, 5.74) is 13.9. The molecule has 2 aromatic carbocycles. The molecule has 5 nitrogen and oxygen atoms in total. The van der Waals surface area contributed by atoms with Crippen LogP contribution in [0, 0.1) is 5.92 Å². The van der Waals surface area contributed by atoms with Crippen LogP contribution in [0.2, 0.25) is 5.02 Å². The Labute approximate surface area is 176 Å². The predicted octanol–water partition coefficient (Wildman–Crippen LogP) is 4.52. The Morgan fingerprint density at radius 1 is 0.966 bits per heavy atom. The summed E-state index contributed by atoms with van der Waals surface area (Å²) in [6.07, 6.45) is 4.07. The molecule has 0 radical (unpaired) electrons. The fraction of sp³-hybridized carbons (Fsp3) is 0.304. The molecular weight excluding hydrogens is 384 g/mol. The zero-order valence-electron chi connectivity index (χ0n) is 16.4. The summed E-state index contributed by atoms with van der Waals surface area (Å²) in [7, 11) is 0. The van der Waals surface area contributed by atoms with Gasteiger partial charge in [0, 0.05) is 22.3 Å². The van der Waals surface area contributed by atoms with E-state index in [1.165, 1.54) is 0 Å². The summed E-state index contributed by atoms with van der Waals surface area (Å²) in [6.45, 7) is 0.735. The topological polar surface area (TPSA) is 86.9 Å². The molecule has 1 aliphatic rings. The number of halogens is 1. The lowest BCUT2D eigenvalue weighted by Gasteiger charge is -2.28. The second kappa shape index (κ2) is 10.2. The van der Waals surface area contributed by atoms with Gasteiger partial charge in [0.05, 0.1) is 11.7 Å². The van der Waals surface area contributed by atoms with Crippen molar-refractivity contribution >= 4 is 17.3 Å². The van der Waals surface area contributed by atoms with Crippen LogP contribution in [-0.4, -0.2) is 16.3 Å². The lowest BCUT2D eigenvalue weighted by molar-refractivity contribution is 0.259. The van der Waals surface area contributed by atoms with Crippen molar-refractivity contribution in [3.63, 3.8) is 0 Å². The number of aromatic nitrogens is 2. The maximum absolute atomic E-state index is 12.2. The lowest BCUT2D eigenvalue weighted by Crippen LogP contribution is -2.31. The van der Waals surface area contributed by atoms with Gasteiger partial charge in [-0.25, -0.2) is 4.68 Å². The highest BCUT2D eigenvalue weighted by Crippen LogP contribution is 2.30. The summed E-state index contributed by atoms with van der Waals surface area (Å²) < 4.78 is 1.64. The van der Waals surface area contributed by atoms with E-state index in [4.69, 9.17) is 23.1 Å². The van der Waals surface area contributed by atoms with Crippen LogP contribution >= 0.6 is 11.6 Å². The Kier molecular flexibility index (Phi) is 7.44. The van der Waals surface area contributed by atoms with Crippen molar-refractivity contribution in [2.45, 2.75) is 31.7 Å². The van der Waals surface area contributed by atoms with Gasteiger partial charge in [-0.3, -0.25) is 4.79 Å². The molecular formula is C23H27ClN4O. The van der Waals surface area contributed by atoms with Crippen LogP contribution in [-0.2, 0) is 0 Å². The molecule has 4 N–H and O–H groups in total. The molecule has 0 unspecified atom stereocenters. The van der Waals surface area contributed by atoms with Gasteiger partial charge in [-0.1, -0.05) is 41.9 Å². The molecule has 6 heteroatoms. The highest BCUT2D eigenvalue weighted by molar-refractivity contribution is 6.30. The largest absolute Gasteiger partial charge is 0.399 e. The van der Waals surface area contributed by atoms with E-state index in [1.807, 2.05) is 54.6 Å². The third-order valence-electron chi connectivity index (χ3n) is 5.24. The van der Waals surface area contributed by atoms with Crippen LogP contribution in [0.5, 0.6) is 0 Å². The number of nitrogens with zero attached hydrogens (tertiary/aromatic N) is 2. The molecule has 1 heterocycles. The molecule has 0 aliphatic heterocycles. The third-order valence-corrected chi connectivity index (χ3v) is 5.49. The molecule has 1 fully saturated rings. The predicted molar refractivity (Wildman–Crippen MR) is 120 cm³/mol. The van der Waals surface area contributed by atoms with Gasteiger partial charge in [-0.05, 0) is 68.5 Å². The number of anilines is 1. The molecule has 1 aliphatic carbocycles. The Morgan fingerprint density at radius 3 is 2.28 bits per heavy atom. The minimum absolute atomic E-state index is 0.0381. The maximum Gasteiger partial charge on any atom is 0.267 e. The third kappa shape index (κ3) is 5.92. The molecule has 152 valence electrons. The van der Waals surface area contributed by atoms with Crippen molar-refractivity contribution in [2.24, 2.45) is 11.7 Å². The number of nitrogen functional groups attached to an aromatic ring is 1. The van der Waals surface area contributed by atoms with Gasteiger partial charge in [-0.15, -0.1) is 0 Å². The van der Waals surface area contributed by atoms with Gasteiger partial charge in [0.25, 0.3) is 5.56 Å². The summed E-state index contributed by atoms with van der Waals surface area (Å²) in [5, 5.41) is 5.37. The van der Waals surface area contributed by atoms with Crippen LogP contribution in [0.15, 0.2) is 71.5 Å². The average molecular weight is 411 g/mol. The maximum atomic E-state index is 12.2. The number of rotatable bonds is 3. The number of hydrogen-bond donors (Lipinski definition) is 2. The molecule has 0 saturated heterocycles. The Hall–Kier alpha value is -2.63.